The van der Waals surface area contributed by atoms with Gasteiger partial charge in [-0.25, -0.2) is 4.98 Å². The number of halogens is 3. The molecular formula is C17H11Cl3N2O2S. The number of thiazole rings is 1. The Bertz CT molecular complexity index is 914. The second kappa shape index (κ2) is 8.06. The van der Waals surface area contributed by atoms with E-state index in [2.05, 4.69) is 10.3 Å². The quantitative estimate of drug-likeness (QED) is 0.576. The van der Waals surface area contributed by atoms with Gasteiger partial charge in [0.1, 0.15) is 5.75 Å². The zero-order chi connectivity index (χ0) is 17.8. The van der Waals surface area contributed by atoms with Gasteiger partial charge in [0.2, 0.25) is 0 Å². The van der Waals surface area contributed by atoms with Crippen molar-refractivity contribution in [2.24, 2.45) is 0 Å². The fraction of sp³-hybridized carbons (Fsp3) is 0.0588. The molecule has 0 atom stereocenters. The van der Waals surface area contributed by atoms with Crippen LogP contribution in [0.25, 0.3) is 11.3 Å². The molecule has 0 fully saturated rings. The van der Waals surface area contributed by atoms with Gasteiger partial charge in [-0.2, -0.15) is 0 Å². The number of benzene rings is 2. The van der Waals surface area contributed by atoms with Crippen molar-refractivity contribution in [3.8, 4) is 17.0 Å². The van der Waals surface area contributed by atoms with Gasteiger partial charge in [-0.1, -0.05) is 40.9 Å². The van der Waals surface area contributed by atoms with Gasteiger partial charge in [0, 0.05) is 21.0 Å². The summed E-state index contributed by atoms with van der Waals surface area (Å²) in [5, 5.41) is 6.55. The zero-order valence-corrected chi connectivity index (χ0v) is 15.7. The molecule has 1 amide bonds. The number of anilines is 1. The third-order valence-electron chi connectivity index (χ3n) is 3.12. The number of rotatable bonds is 5. The number of carbonyl (C=O) groups is 1. The highest BCUT2D eigenvalue weighted by atomic mass is 35.5. The van der Waals surface area contributed by atoms with Crippen molar-refractivity contribution in [1.29, 1.82) is 0 Å². The summed E-state index contributed by atoms with van der Waals surface area (Å²) in [6.07, 6.45) is 0. The minimum absolute atomic E-state index is 0.142. The molecule has 4 nitrogen and oxygen atoms in total. The molecule has 3 rings (SSSR count). The molecule has 0 unspecified atom stereocenters. The molecule has 1 heterocycles. The number of ether oxygens (including phenoxy) is 1. The zero-order valence-electron chi connectivity index (χ0n) is 12.6. The molecule has 0 saturated carbocycles. The maximum Gasteiger partial charge on any atom is 0.264 e. The highest BCUT2D eigenvalue weighted by molar-refractivity contribution is 7.14. The Kier molecular flexibility index (Phi) is 5.81. The molecule has 3 aromatic rings. The molecule has 2 aromatic carbocycles. The summed E-state index contributed by atoms with van der Waals surface area (Å²) in [5.74, 6) is 0.207. The van der Waals surface area contributed by atoms with Crippen molar-refractivity contribution in [2.45, 2.75) is 0 Å². The summed E-state index contributed by atoms with van der Waals surface area (Å²) in [6, 6.07) is 12.0. The molecule has 0 aliphatic carbocycles. The first-order valence-corrected chi connectivity index (χ1v) is 9.12. The Labute approximate surface area is 163 Å². The molecule has 0 radical (unpaired) electrons. The van der Waals surface area contributed by atoms with E-state index in [1.54, 1.807) is 42.5 Å². The van der Waals surface area contributed by atoms with E-state index >= 15 is 0 Å². The lowest BCUT2D eigenvalue weighted by atomic mass is 10.2. The van der Waals surface area contributed by atoms with Crippen molar-refractivity contribution < 1.29 is 9.53 Å². The minimum Gasteiger partial charge on any atom is -0.484 e. The van der Waals surface area contributed by atoms with Gasteiger partial charge in [0.25, 0.3) is 5.91 Å². The van der Waals surface area contributed by atoms with Gasteiger partial charge in [-0.3, -0.25) is 10.1 Å². The Morgan fingerprint density at radius 3 is 2.68 bits per heavy atom. The molecule has 0 aliphatic heterocycles. The van der Waals surface area contributed by atoms with Gasteiger partial charge >= 0.3 is 0 Å². The van der Waals surface area contributed by atoms with Crippen LogP contribution in [0.4, 0.5) is 5.13 Å². The molecule has 25 heavy (non-hydrogen) atoms. The topological polar surface area (TPSA) is 51.2 Å². The standard InChI is InChI=1S/C17H11Cl3N2O2S/c18-10-2-1-3-12(6-10)24-8-16(23)22-17-21-15(9-25-17)13-5-4-11(19)7-14(13)20/h1-7,9H,8H2,(H,21,22,23). The van der Waals surface area contributed by atoms with Gasteiger partial charge in [0.05, 0.1) is 10.7 Å². The summed E-state index contributed by atoms with van der Waals surface area (Å²) in [5.41, 5.74) is 1.41. The third-order valence-corrected chi connectivity index (χ3v) is 4.66. The molecule has 8 heteroatoms. The van der Waals surface area contributed by atoms with Crippen LogP contribution < -0.4 is 10.1 Å². The van der Waals surface area contributed by atoms with Crippen molar-refractivity contribution in [1.82, 2.24) is 4.98 Å². The van der Waals surface area contributed by atoms with Crippen LogP contribution in [-0.2, 0) is 4.79 Å². The van der Waals surface area contributed by atoms with E-state index in [9.17, 15) is 4.79 Å². The predicted octanol–water partition coefficient (Wildman–Crippen LogP) is 5.79. The SMILES string of the molecule is O=C(COc1cccc(Cl)c1)Nc1nc(-c2ccc(Cl)cc2Cl)cs1. The monoisotopic (exact) mass is 412 g/mol. The molecule has 1 aromatic heterocycles. The van der Waals surface area contributed by atoms with E-state index in [-0.39, 0.29) is 12.5 Å². The molecule has 0 aliphatic rings. The van der Waals surface area contributed by atoms with Crippen LogP contribution in [0.2, 0.25) is 15.1 Å². The van der Waals surface area contributed by atoms with Crippen LogP contribution in [0.15, 0.2) is 47.8 Å². The van der Waals surface area contributed by atoms with Crippen LogP contribution in [0.1, 0.15) is 0 Å². The van der Waals surface area contributed by atoms with Crippen molar-refractivity contribution in [3.63, 3.8) is 0 Å². The number of nitrogens with one attached hydrogen (secondary N) is 1. The number of hydrogen-bond acceptors (Lipinski definition) is 4. The third kappa shape index (κ3) is 4.86. The Hall–Kier alpha value is -1.79. The molecule has 1 N–H and O–H groups in total. The largest absolute Gasteiger partial charge is 0.484 e. The number of aromatic nitrogens is 1. The maximum absolute atomic E-state index is 12.0. The summed E-state index contributed by atoms with van der Waals surface area (Å²) in [7, 11) is 0. The van der Waals surface area contributed by atoms with Gasteiger partial charge in [0.15, 0.2) is 11.7 Å². The average molecular weight is 414 g/mol. The van der Waals surface area contributed by atoms with Crippen molar-refractivity contribution in [3.05, 3.63) is 62.9 Å². The van der Waals surface area contributed by atoms with E-state index in [1.165, 1.54) is 11.3 Å². The van der Waals surface area contributed by atoms with E-state index in [0.717, 1.165) is 5.56 Å². The molecule has 0 spiro atoms. The number of hydrogen-bond donors (Lipinski definition) is 1. The summed E-state index contributed by atoms with van der Waals surface area (Å²) >= 11 is 19.2. The first-order valence-electron chi connectivity index (χ1n) is 7.10. The smallest absolute Gasteiger partial charge is 0.264 e. The predicted molar refractivity (Wildman–Crippen MR) is 103 cm³/mol. The normalized spacial score (nSPS) is 10.5. The fourth-order valence-electron chi connectivity index (χ4n) is 2.01. The molecule has 0 saturated heterocycles. The minimum atomic E-state index is -0.317. The molecule has 128 valence electrons. The number of amides is 1. The van der Waals surface area contributed by atoms with Crippen molar-refractivity contribution in [2.75, 3.05) is 11.9 Å². The average Bonchev–Trinajstić information content (AvgIpc) is 3.01. The highest BCUT2D eigenvalue weighted by Gasteiger charge is 2.11. The van der Waals surface area contributed by atoms with E-state index in [4.69, 9.17) is 39.5 Å². The fourth-order valence-corrected chi connectivity index (χ4v) is 3.43. The van der Waals surface area contributed by atoms with Crippen LogP contribution in [-0.4, -0.2) is 17.5 Å². The summed E-state index contributed by atoms with van der Waals surface area (Å²) in [6.45, 7) is -0.142. The van der Waals surface area contributed by atoms with Crippen LogP contribution >= 0.6 is 46.1 Å². The lowest BCUT2D eigenvalue weighted by Gasteiger charge is -2.06. The second-order valence-electron chi connectivity index (χ2n) is 4.96. The number of nitrogens with zero attached hydrogens (tertiary/aromatic N) is 1. The van der Waals surface area contributed by atoms with E-state index < -0.39 is 0 Å². The first kappa shape index (κ1) is 18.0. The van der Waals surface area contributed by atoms with Gasteiger partial charge in [-0.05, 0) is 36.4 Å². The highest BCUT2D eigenvalue weighted by Crippen LogP contribution is 2.32. The van der Waals surface area contributed by atoms with Crippen LogP contribution in [0, 0.1) is 0 Å². The van der Waals surface area contributed by atoms with Crippen molar-refractivity contribution >= 4 is 57.2 Å². The summed E-state index contributed by atoms with van der Waals surface area (Å²) < 4.78 is 5.39. The van der Waals surface area contributed by atoms with E-state index in [1.807, 2.05) is 5.38 Å². The van der Waals surface area contributed by atoms with E-state index in [0.29, 0.717) is 31.6 Å². The Morgan fingerprint density at radius 2 is 1.92 bits per heavy atom. The summed E-state index contributed by atoms with van der Waals surface area (Å²) in [4.78, 5) is 16.3. The second-order valence-corrected chi connectivity index (χ2v) is 7.09. The lowest BCUT2D eigenvalue weighted by Crippen LogP contribution is -2.20. The molecular weight excluding hydrogens is 403 g/mol. The Balaban J connectivity index is 1.62. The van der Waals surface area contributed by atoms with Crippen LogP contribution in [0.3, 0.4) is 0 Å². The maximum atomic E-state index is 12.0. The Morgan fingerprint density at radius 1 is 1.12 bits per heavy atom. The van der Waals surface area contributed by atoms with Crippen LogP contribution in [0.5, 0.6) is 5.75 Å². The number of carbonyl (C=O) groups excluding carboxylic acids is 1. The van der Waals surface area contributed by atoms with Gasteiger partial charge in [-0.15, -0.1) is 11.3 Å². The van der Waals surface area contributed by atoms with Gasteiger partial charge < -0.3 is 4.74 Å². The molecule has 0 bridgehead atoms. The lowest BCUT2D eigenvalue weighted by molar-refractivity contribution is -0.118. The first-order chi connectivity index (χ1) is 12.0.